The van der Waals surface area contributed by atoms with E-state index in [-0.39, 0.29) is 0 Å². The van der Waals surface area contributed by atoms with Crippen molar-refractivity contribution in [3.63, 3.8) is 0 Å². The van der Waals surface area contributed by atoms with Gasteiger partial charge in [-0.05, 0) is 13.0 Å². The molecular formula is C8H7NOS. The van der Waals surface area contributed by atoms with Gasteiger partial charge in [-0.25, -0.2) is 0 Å². The highest BCUT2D eigenvalue weighted by Gasteiger charge is 2.05. The molecule has 0 saturated heterocycles. The number of aromatic nitrogens is 1. The molecule has 2 heterocycles. The third-order valence-corrected chi connectivity index (χ3v) is 2.71. The van der Waals surface area contributed by atoms with E-state index in [1.54, 1.807) is 23.7 Å². The Hall–Kier alpha value is -1.09. The van der Waals surface area contributed by atoms with Gasteiger partial charge in [-0.1, -0.05) is 0 Å². The molecule has 0 aliphatic heterocycles. The van der Waals surface area contributed by atoms with Crippen molar-refractivity contribution in [3.8, 4) is 5.75 Å². The van der Waals surface area contributed by atoms with Crippen LogP contribution in [-0.2, 0) is 0 Å². The maximum absolute atomic E-state index is 9.47. The third kappa shape index (κ3) is 0.886. The highest BCUT2D eigenvalue weighted by molar-refractivity contribution is 7.19. The van der Waals surface area contributed by atoms with Crippen molar-refractivity contribution in [2.24, 2.45) is 0 Å². The first-order valence-electron chi connectivity index (χ1n) is 3.31. The van der Waals surface area contributed by atoms with Crippen molar-refractivity contribution in [3.05, 3.63) is 23.3 Å². The summed E-state index contributed by atoms with van der Waals surface area (Å²) in [4.78, 5) is 4.89. The van der Waals surface area contributed by atoms with Gasteiger partial charge in [0, 0.05) is 22.0 Å². The number of hydrogen-bond donors (Lipinski definition) is 1. The Morgan fingerprint density at radius 1 is 1.55 bits per heavy atom. The van der Waals surface area contributed by atoms with Crippen LogP contribution in [0.5, 0.6) is 5.75 Å². The summed E-state index contributed by atoms with van der Waals surface area (Å²) in [6, 6.07) is 1.91. The van der Waals surface area contributed by atoms with Crippen molar-refractivity contribution < 1.29 is 5.11 Å². The van der Waals surface area contributed by atoms with Gasteiger partial charge in [0.05, 0.1) is 5.39 Å². The molecule has 0 fully saturated rings. The Kier molecular flexibility index (Phi) is 1.32. The summed E-state index contributed by atoms with van der Waals surface area (Å²) in [6.45, 7) is 1.90. The lowest BCUT2D eigenvalue weighted by Crippen LogP contribution is -1.67. The van der Waals surface area contributed by atoms with Crippen LogP contribution in [0.4, 0.5) is 0 Å². The second-order valence-corrected chi connectivity index (χ2v) is 3.64. The first kappa shape index (κ1) is 6.61. The van der Waals surface area contributed by atoms with Gasteiger partial charge in [-0.2, -0.15) is 0 Å². The predicted molar refractivity (Wildman–Crippen MR) is 46.0 cm³/mol. The molecular weight excluding hydrogens is 158 g/mol. The fraction of sp³-hybridized carbons (Fsp3) is 0.125. The highest BCUT2D eigenvalue weighted by Crippen LogP contribution is 2.34. The largest absolute Gasteiger partial charge is 0.506 e. The molecule has 0 bridgehead atoms. The fourth-order valence-corrected chi connectivity index (χ4v) is 1.98. The number of fused-ring (bicyclic) bond motifs is 1. The van der Waals surface area contributed by atoms with E-state index in [4.69, 9.17) is 0 Å². The van der Waals surface area contributed by atoms with Crippen LogP contribution in [0, 0.1) is 6.92 Å². The lowest BCUT2D eigenvalue weighted by Gasteiger charge is -1.87. The Bertz CT molecular complexity index is 394. The highest BCUT2D eigenvalue weighted by atomic mass is 32.1. The van der Waals surface area contributed by atoms with Crippen LogP contribution < -0.4 is 0 Å². The number of pyridine rings is 1. The van der Waals surface area contributed by atoms with Crippen molar-refractivity contribution in [2.75, 3.05) is 0 Å². The van der Waals surface area contributed by atoms with E-state index in [1.807, 2.05) is 13.0 Å². The topological polar surface area (TPSA) is 33.1 Å². The Morgan fingerprint density at radius 3 is 3.09 bits per heavy atom. The molecule has 11 heavy (non-hydrogen) atoms. The zero-order chi connectivity index (χ0) is 7.84. The molecule has 2 aromatic rings. The fourth-order valence-electron chi connectivity index (χ4n) is 1.05. The molecule has 0 amide bonds. The van der Waals surface area contributed by atoms with E-state index in [9.17, 15) is 5.11 Å². The monoisotopic (exact) mass is 165 g/mol. The Morgan fingerprint density at radius 2 is 2.36 bits per heavy atom. The zero-order valence-electron chi connectivity index (χ0n) is 6.03. The molecule has 2 aromatic heterocycles. The molecule has 0 aliphatic rings. The van der Waals surface area contributed by atoms with Crippen LogP contribution in [0.1, 0.15) is 4.88 Å². The van der Waals surface area contributed by atoms with Gasteiger partial charge in [0.25, 0.3) is 0 Å². The maximum Gasteiger partial charge on any atom is 0.138 e. The molecule has 3 heteroatoms. The molecule has 0 aromatic carbocycles. The van der Waals surface area contributed by atoms with Gasteiger partial charge < -0.3 is 5.11 Å². The molecule has 0 saturated carbocycles. The molecule has 0 atom stereocenters. The number of rotatable bonds is 0. The second-order valence-electron chi connectivity index (χ2n) is 2.38. The van der Waals surface area contributed by atoms with Crippen LogP contribution in [0.2, 0.25) is 0 Å². The second kappa shape index (κ2) is 2.20. The Balaban J connectivity index is 2.92. The first-order valence-corrected chi connectivity index (χ1v) is 4.13. The van der Waals surface area contributed by atoms with Crippen molar-refractivity contribution in [1.29, 1.82) is 0 Å². The van der Waals surface area contributed by atoms with E-state index in [1.165, 1.54) is 0 Å². The third-order valence-electron chi connectivity index (χ3n) is 1.63. The van der Waals surface area contributed by atoms with Gasteiger partial charge in [-0.15, -0.1) is 11.3 Å². The average molecular weight is 165 g/mol. The lowest BCUT2D eigenvalue weighted by atomic mass is 10.3. The smallest absolute Gasteiger partial charge is 0.138 e. The van der Waals surface area contributed by atoms with Crippen LogP contribution >= 0.6 is 11.3 Å². The number of aromatic hydroxyl groups is 1. The number of hydrogen-bond acceptors (Lipinski definition) is 3. The van der Waals surface area contributed by atoms with Gasteiger partial charge >= 0.3 is 0 Å². The lowest BCUT2D eigenvalue weighted by molar-refractivity contribution is 0.480. The maximum atomic E-state index is 9.47. The summed E-state index contributed by atoms with van der Waals surface area (Å²) < 4.78 is 1.09. The van der Waals surface area contributed by atoms with E-state index in [0.29, 0.717) is 5.75 Å². The van der Waals surface area contributed by atoms with E-state index in [2.05, 4.69) is 4.98 Å². The molecule has 0 unspecified atom stereocenters. The van der Waals surface area contributed by atoms with Gasteiger partial charge in [-0.3, -0.25) is 4.98 Å². The number of thiophene rings is 1. The molecule has 0 spiro atoms. The van der Waals surface area contributed by atoms with Crippen molar-refractivity contribution >= 4 is 21.4 Å². The summed E-state index contributed by atoms with van der Waals surface area (Å²) in [5.74, 6) is 0.373. The molecule has 0 aliphatic carbocycles. The molecule has 56 valence electrons. The van der Waals surface area contributed by atoms with Crippen LogP contribution in [-0.4, -0.2) is 10.1 Å². The quantitative estimate of drug-likeness (QED) is 0.649. The predicted octanol–water partition coefficient (Wildman–Crippen LogP) is 2.31. The average Bonchev–Trinajstić information content (AvgIpc) is 2.30. The van der Waals surface area contributed by atoms with Crippen LogP contribution in [0.25, 0.3) is 10.1 Å². The first-order chi connectivity index (χ1) is 5.29. The van der Waals surface area contributed by atoms with Crippen molar-refractivity contribution in [1.82, 2.24) is 4.98 Å². The SMILES string of the molecule is Cc1sc2ccncc2c1O. The summed E-state index contributed by atoms with van der Waals surface area (Å²) in [5.41, 5.74) is 0. The van der Waals surface area contributed by atoms with Crippen LogP contribution in [0.3, 0.4) is 0 Å². The molecule has 2 rings (SSSR count). The minimum absolute atomic E-state index is 0.373. The van der Waals surface area contributed by atoms with Gasteiger partial charge in [0.15, 0.2) is 0 Å². The summed E-state index contributed by atoms with van der Waals surface area (Å²) >= 11 is 1.59. The molecule has 0 radical (unpaired) electrons. The van der Waals surface area contributed by atoms with E-state index in [0.717, 1.165) is 15.0 Å². The number of aryl methyl sites for hydroxylation is 1. The normalized spacial score (nSPS) is 10.6. The van der Waals surface area contributed by atoms with Crippen LogP contribution in [0.15, 0.2) is 18.5 Å². The molecule has 2 nitrogen and oxygen atoms in total. The van der Waals surface area contributed by atoms with E-state index < -0.39 is 0 Å². The van der Waals surface area contributed by atoms with Gasteiger partial charge in [0.1, 0.15) is 5.75 Å². The minimum atomic E-state index is 0.373. The van der Waals surface area contributed by atoms with Gasteiger partial charge in [0.2, 0.25) is 0 Å². The summed E-state index contributed by atoms with van der Waals surface area (Å²) in [6.07, 6.45) is 3.42. The van der Waals surface area contributed by atoms with E-state index >= 15 is 0 Å². The number of nitrogens with zero attached hydrogens (tertiary/aromatic N) is 1. The Labute approximate surface area is 68.1 Å². The van der Waals surface area contributed by atoms with Crippen molar-refractivity contribution in [2.45, 2.75) is 6.92 Å². The minimum Gasteiger partial charge on any atom is -0.506 e. The molecule has 1 N–H and O–H groups in total. The standard InChI is InChI=1S/C8H7NOS/c1-5-8(10)6-4-9-3-2-7(6)11-5/h2-4,10H,1H3. The summed E-state index contributed by atoms with van der Waals surface area (Å²) in [5, 5.41) is 10.3. The summed E-state index contributed by atoms with van der Waals surface area (Å²) in [7, 11) is 0. The zero-order valence-corrected chi connectivity index (χ0v) is 6.85.